The third-order valence-corrected chi connectivity index (χ3v) is 4.23. The van der Waals surface area contributed by atoms with Crippen molar-refractivity contribution in [2.24, 2.45) is 4.99 Å². The second-order valence-electron chi connectivity index (χ2n) is 5.94. The van der Waals surface area contributed by atoms with Gasteiger partial charge in [0.25, 0.3) is 0 Å². The second-order valence-corrected chi connectivity index (χ2v) is 5.94. The van der Waals surface area contributed by atoms with Gasteiger partial charge in [-0.15, -0.1) is 0 Å². The Kier molecular flexibility index (Phi) is 5.46. The molecule has 0 radical (unpaired) electrons. The molecule has 136 valence electrons. The van der Waals surface area contributed by atoms with Crippen molar-refractivity contribution in [3.05, 3.63) is 65.2 Å². The molecule has 1 amide bonds. The van der Waals surface area contributed by atoms with Crippen LogP contribution < -0.4 is 15.5 Å². The minimum atomic E-state index is -0.489. The zero-order chi connectivity index (χ0) is 18.5. The Morgan fingerprint density at radius 3 is 2.81 bits per heavy atom. The molecule has 5 nitrogen and oxygen atoms in total. The van der Waals surface area contributed by atoms with Crippen LogP contribution in [0.4, 0.5) is 14.5 Å². The molecule has 0 fully saturated rings. The number of aliphatic imine (C=N–C) groups is 1. The normalized spacial score (nSPS) is 13.7. The van der Waals surface area contributed by atoms with Crippen LogP contribution in [0.1, 0.15) is 11.1 Å². The number of guanidine groups is 1. The molecule has 0 bridgehead atoms. The lowest BCUT2D eigenvalue weighted by Crippen LogP contribution is -2.42. The average Bonchev–Trinajstić information content (AvgIpc) is 2.96. The molecule has 1 aliphatic heterocycles. The van der Waals surface area contributed by atoms with Gasteiger partial charge in [0, 0.05) is 37.9 Å². The highest BCUT2D eigenvalue weighted by Crippen LogP contribution is 2.27. The van der Waals surface area contributed by atoms with E-state index in [4.69, 9.17) is 0 Å². The minimum Gasteiger partial charge on any atom is -0.355 e. The number of hydrogen-bond donors (Lipinski definition) is 2. The Morgan fingerprint density at radius 2 is 2.00 bits per heavy atom. The SMILES string of the molecule is CN=C(NCCN1C(=O)Cc2ccccc21)NCc1cc(F)ccc1F. The molecule has 0 saturated heterocycles. The van der Waals surface area contributed by atoms with Crippen molar-refractivity contribution in [3.8, 4) is 0 Å². The van der Waals surface area contributed by atoms with E-state index in [0.29, 0.717) is 25.5 Å². The molecule has 0 unspecified atom stereocenters. The standard InChI is InChI=1S/C19H20F2N4O/c1-22-19(24-12-14-10-15(20)6-7-16(14)21)23-8-9-25-17-5-3-2-4-13(17)11-18(25)26/h2-7,10H,8-9,11-12H2,1H3,(H2,22,23,24). The van der Waals surface area contributed by atoms with Gasteiger partial charge in [-0.05, 0) is 29.8 Å². The molecular weight excluding hydrogens is 338 g/mol. The molecule has 1 aliphatic rings. The number of fused-ring (bicyclic) bond motifs is 1. The fourth-order valence-electron chi connectivity index (χ4n) is 2.93. The third-order valence-electron chi connectivity index (χ3n) is 4.23. The van der Waals surface area contributed by atoms with Gasteiger partial charge in [0.15, 0.2) is 5.96 Å². The van der Waals surface area contributed by atoms with Crippen LogP contribution in [0.5, 0.6) is 0 Å². The van der Waals surface area contributed by atoms with Crippen LogP contribution in [0.2, 0.25) is 0 Å². The van der Waals surface area contributed by atoms with E-state index in [-0.39, 0.29) is 18.0 Å². The van der Waals surface area contributed by atoms with Crippen LogP contribution in [-0.4, -0.2) is 32.0 Å². The van der Waals surface area contributed by atoms with Gasteiger partial charge in [-0.3, -0.25) is 9.79 Å². The molecule has 0 aliphatic carbocycles. The largest absolute Gasteiger partial charge is 0.355 e. The molecule has 2 N–H and O–H groups in total. The fourth-order valence-corrected chi connectivity index (χ4v) is 2.93. The van der Waals surface area contributed by atoms with Crippen LogP contribution in [0, 0.1) is 11.6 Å². The van der Waals surface area contributed by atoms with Gasteiger partial charge >= 0.3 is 0 Å². The molecule has 0 atom stereocenters. The van der Waals surface area contributed by atoms with Crippen LogP contribution in [0.3, 0.4) is 0 Å². The average molecular weight is 358 g/mol. The number of benzene rings is 2. The lowest BCUT2D eigenvalue weighted by molar-refractivity contribution is -0.117. The number of anilines is 1. The quantitative estimate of drug-likeness (QED) is 0.637. The molecule has 0 spiro atoms. The minimum absolute atomic E-state index is 0.0674. The van der Waals surface area contributed by atoms with Gasteiger partial charge in [-0.1, -0.05) is 18.2 Å². The van der Waals surface area contributed by atoms with Crippen molar-refractivity contribution in [2.75, 3.05) is 25.0 Å². The van der Waals surface area contributed by atoms with E-state index in [1.807, 2.05) is 24.3 Å². The van der Waals surface area contributed by atoms with Crippen LogP contribution in [-0.2, 0) is 17.8 Å². The molecule has 7 heteroatoms. The van der Waals surface area contributed by atoms with Gasteiger partial charge in [-0.25, -0.2) is 8.78 Å². The van der Waals surface area contributed by atoms with E-state index in [1.165, 1.54) is 0 Å². The number of hydrogen-bond acceptors (Lipinski definition) is 2. The van der Waals surface area contributed by atoms with Crippen LogP contribution in [0.25, 0.3) is 0 Å². The molecule has 2 aromatic carbocycles. The summed E-state index contributed by atoms with van der Waals surface area (Å²) in [4.78, 5) is 17.9. The summed E-state index contributed by atoms with van der Waals surface area (Å²) in [6.45, 7) is 1.07. The van der Waals surface area contributed by atoms with Gasteiger partial charge in [-0.2, -0.15) is 0 Å². The summed E-state index contributed by atoms with van der Waals surface area (Å²) < 4.78 is 26.9. The number of rotatable bonds is 5. The smallest absolute Gasteiger partial charge is 0.231 e. The Labute approximate surface area is 150 Å². The zero-order valence-electron chi connectivity index (χ0n) is 14.4. The predicted octanol–water partition coefficient (Wildman–Crippen LogP) is 2.22. The highest BCUT2D eigenvalue weighted by Gasteiger charge is 2.26. The maximum Gasteiger partial charge on any atom is 0.231 e. The van der Waals surface area contributed by atoms with Gasteiger partial charge in [0.05, 0.1) is 6.42 Å². The lowest BCUT2D eigenvalue weighted by Gasteiger charge is -2.19. The van der Waals surface area contributed by atoms with Gasteiger partial charge < -0.3 is 15.5 Å². The summed E-state index contributed by atoms with van der Waals surface area (Å²) in [5, 5.41) is 6.02. The van der Waals surface area contributed by atoms with E-state index >= 15 is 0 Å². The zero-order valence-corrected chi connectivity index (χ0v) is 14.4. The van der Waals surface area contributed by atoms with E-state index in [0.717, 1.165) is 29.4 Å². The maximum atomic E-state index is 13.7. The number of carbonyl (C=O) groups excluding carboxylic acids is 1. The van der Waals surface area contributed by atoms with E-state index in [1.54, 1.807) is 11.9 Å². The number of para-hydroxylation sites is 1. The molecule has 2 aromatic rings. The van der Waals surface area contributed by atoms with Crippen molar-refractivity contribution in [1.82, 2.24) is 10.6 Å². The summed E-state index contributed by atoms with van der Waals surface area (Å²) in [5.74, 6) is -0.447. The number of carbonyl (C=O) groups is 1. The Morgan fingerprint density at radius 1 is 1.19 bits per heavy atom. The monoisotopic (exact) mass is 358 g/mol. The first-order chi connectivity index (χ1) is 12.6. The Bertz CT molecular complexity index is 838. The number of nitrogens with zero attached hydrogens (tertiary/aromatic N) is 2. The molecule has 0 saturated carbocycles. The summed E-state index contributed by atoms with van der Waals surface area (Å²) in [5.41, 5.74) is 2.18. The predicted molar refractivity (Wildman–Crippen MR) is 97.1 cm³/mol. The highest BCUT2D eigenvalue weighted by molar-refractivity contribution is 6.01. The van der Waals surface area contributed by atoms with E-state index in [2.05, 4.69) is 15.6 Å². The second kappa shape index (κ2) is 7.95. The van der Waals surface area contributed by atoms with Gasteiger partial charge in [0.1, 0.15) is 11.6 Å². The highest BCUT2D eigenvalue weighted by atomic mass is 19.1. The van der Waals surface area contributed by atoms with E-state index in [9.17, 15) is 13.6 Å². The molecule has 3 rings (SSSR count). The van der Waals surface area contributed by atoms with Crippen molar-refractivity contribution in [1.29, 1.82) is 0 Å². The van der Waals surface area contributed by atoms with Crippen LogP contribution in [0.15, 0.2) is 47.5 Å². The summed E-state index contributed by atoms with van der Waals surface area (Å²) >= 11 is 0. The molecule has 1 heterocycles. The summed E-state index contributed by atoms with van der Waals surface area (Å²) in [6.07, 6.45) is 0.419. The van der Waals surface area contributed by atoms with Crippen molar-refractivity contribution in [2.45, 2.75) is 13.0 Å². The third kappa shape index (κ3) is 3.99. The first kappa shape index (κ1) is 17.8. The number of nitrogens with one attached hydrogen (secondary N) is 2. The van der Waals surface area contributed by atoms with Crippen molar-refractivity contribution in [3.63, 3.8) is 0 Å². The molecular formula is C19H20F2N4O. The van der Waals surface area contributed by atoms with Crippen molar-refractivity contribution >= 4 is 17.6 Å². The van der Waals surface area contributed by atoms with Crippen LogP contribution >= 0.6 is 0 Å². The maximum absolute atomic E-state index is 13.7. The molecule has 0 aromatic heterocycles. The summed E-state index contributed by atoms with van der Waals surface area (Å²) in [7, 11) is 1.59. The van der Waals surface area contributed by atoms with E-state index < -0.39 is 11.6 Å². The van der Waals surface area contributed by atoms with Gasteiger partial charge in [0.2, 0.25) is 5.91 Å². The fraction of sp³-hybridized carbons (Fsp3) is 0.263. The first-order valence-electron chi connectivity index (χ1n) is 8.35. The Hall–Kier alpha value is -2.96. The topological polar surface area (TPSA) is 56.7 Å². The number of amides is 1. The Balaban J connectivity index is 1.52. The summed E-state index contributed by atoms with van der Waals surface area (Å²) in [6, 6.07) is 11.0. The molecule has 26 heavy (non-hydrogen) atoms. The number of halogens is 2. The first-order valence-corrected chi connectivity index (χ1v) is 8.35. The van der Waals surface area contributed by atoms with Crippen molar-refractivity contribution < 1.29 is 13.6 Å². The lowest BCUT2D eigenvalue weighted by atomic mass is 10.2.